The molecule has 0 radical (unpaired) electrons. The second-order valence-electron chi connectivity index (χ2n) is 6.37. The molecule has 146 valence electrons. The minimum absolute atomic E-state index is 0.238. The van der Waals surface area contributed by atoms with Crippen molar-refractivity contribution in [3.63, 3.8) is 0 Å². The van der Waals surface area contributed by atoms with E-state index in [1.807, 2.05) is 38.1 Å². The van der Waals surface area contributed by atoms with Crippen molar-refractivity contribution in [1.82, 2.24) is 9.29 Å². The van der Waals surface area contributed by atoms with Crippen LogP contribution >= 0.6 is 11.3 Å². The van der Waals surface area contributed by atoms with Crippen molar-refractivity contribution in [2.45, 2.75) is 26.4 Å². The molecule has 2 aromatic rings. The van der Waals surface area contributed by atoms with Gasteiger partial charge in [-0.15, -0.1) is 11.3 Å². The Labute approximate surface area is 161 Å². The van der Waals surface area contributed by atoms with Gasteiger partial charge in [0.1, 0.15) is 12.8 Å². The molecule has 3 rings (SSSR count). The second-order valence-corrected chi connectivity index (χ2v) is 9.06. The maximum absolute atomic E-state index is 12.8. The molecule has 7 nitrogen and oxygen atoms in total. The highest BCUT2D eigenvalue weighted by Crippen LogP contribution is 2.25. The van der Waals surface area contributed by atoms with Crippen molar-refractivity contribution in [1.29, 1.82) is 0 Å². The minimum Gasteiger partial charge on any atom is -0.300 e. The number of rotatable bonds is 7. The Kier molecular flexibility index (Phi) is 5.89. The monoisotopic (exact) mass is 413 g/mol. The SMILES string of the molecule is Cc1ccc(Cc2sc(NC(=O)COS(=O)(=O)N3CC(F)C3)nc2C)cc1. The van der Waals surface area contributed by atoms with Gasteiger partial charge in [0, 0.05) is 24.4 Å². The number of thiazole rings is 1. The highest BCUT2D eigenvalue weighted by Gasteiger charge is 2.37. The van der Waals surface area contributed by atoms with Crippen molar-refractivity contribution in [3.8, 4) is 0 Å². The fraction of sp³-hybridized carbons (Fsp3) is 0.412. The molecule has 1 aliphatic rings. The Balaban J connectivity index is 1.54. The van der Waals surface area contributed by atoms with Crippen LogP contribution < -0.4 is 5.32 Å². The minimum atomic E-state index is -4.08. The summed E-state index contributed by atoms with van der Waals surface area (Å²) >= 11 is 1.33. The quantitative estimate of drug-likeness (QED) is 0.752. The van der Waals surface area contributed by atoms with Gasteiger partial charge in [-0.1, -0.05) is 29.8 Å². The number of aromatic nitrogens is 1. The Bertz CT molecular complexity index is 922. The molecule has 27 heavy (non-hydrogen) atoms. The molecule has 1 aliphatic heterocycles. The third-order valence-corrected chi connectivity index (χ3v) is 6.50. The van der Waals surface area contributed by atoms with Gasteiger partial charge in [0.25, 0.3) is 5.91 Å². The van der Waals surface area contributed by atoms with Gasteiger partial charge >= 0.3 is 10.3 Å². The number of halogens is 1. The molecule has 0 atom stereocenters. The van der Waals surface area contributed by atoms with Crippen LogP contribution in [0.5, 0.6) is 0 Å². The van der Waals surface area contributed by atoms with Crippen LogP contribution in [0.2, 0.25) is 0 Å². The van der Waals surface area contributed by atoms with E-state index in [0.29, 0.717) is 11.6 Å². The van der Waals surface area contributed by atoms with Gasteiger partial charge in [-0.2, -0.15) is 12.7 Å². The normalized spacial score (nSPS) is 15.5. The van der Waals surface area contributed by atoms with Gasteiger partial charge in [-0.05, 0) is 19.4 Å². The van der Waals surface area contributed by atoms with Gasteiger partial charge in [0.2, 0.25) is 0 Å². The molecular weight excluding hydrogens is 393 g/mol. The molecule has 1 amide bonds. The van der Waals surface area contributed by atoms with Crippen LogP contribution in [-0.4, -0.2) is 49.5 Å². The number of carbonyl (C=O) groups is 1. The Morgan fingerprint density at radius 2 is 2.00 bits per heavy atom. The van der Waals surface area contributed by atoms with E-state index in [9.17, 15) is 17.6 Å². The number of aryl methyl sites for hydroxylation is 2. The summed E-state index contributed by atoms with van der Waals surface area (Å²) in [4.78, 5) is 17.3. The Morgan fingerprint density at radius 3 is 2.63 bits per heavy atom. The lowest BCUT2D eigenvalue weighted by atomic mass is 10.1. The first-order chi connectivity index (χ1) is 12.7. The second kappa shape index (κ2) is 8.01. The maximum atomic E-state index is 12.8. The predicted molar refractivity (Wildman–Crippen MR) is 101 cm³/mol. The van der Waals surface area contributed by atoms with Crippen LogP contribution in [0.4, 0.5) is 9.52 Å². The number of carbonyl (C=O) groups excluding carboxylic acids is 1. The molecule has 2 heterocycles. The lowest BCUT2D eigenvalue weighted by molar-refractivity contribution is -0.118. The fourth-order valence-electron chi connectivity index (χ4n) is 2.47. The number of nitrogens with one attached hydrogen (secondary N) is 1. The van der Waals surface area contributed by atoms with Crippen LogP contribution in [0.3, 0.4) is 0 Å². The average Bonchev–Trinajstić information content (AvgIpc) is 2.91. The summed E-state index contributed by atoms with van der Waals surface area (Å²) in [6.07, 6.45) is -0.480. The van der Waals surface area contributed by atoms with E-state index in [1.54, 1.807) is 0 Å². The van der Waals surface area contributed by atoms with Crippen molar-refractivity contribution >= 4 is 32.7 Å². The van der Waals surface area contributed by atoms with Crippen LogP contribution in [0.15, 0.2) is 24.3 Å². The number of amides is 1. The highest BCUT2D eigenvalue weighted by molar-refractivity contribution is 7.84. The van der Waals surface area contributed by atoms with Crippen LogP contribution in [0.1, 0.15) is 21.7 Å². The highest BCUT2D eigenvalue weighted by atomic mass is 32.2. The van der Waals surface area contributed by atoms with E-state index in [-0.39, 0.29) is 13.1 Å². The van der Waals surface area contributed by atoms with E-state index in [4.69, 9.17) is 0 Å². The van der Waals surface area contributed by atoms with Gasteiger partial charge in [0.15, 0.2) is 5.13 Å². The zero-order valence-corrected chi connectivity index (χ0v) is 16.6. The summed E-state index contributed by atoms with van der Waals surface area (Å²) < 4.78 is 41.7. The van der Waals surface area contributed by atoms with E-state index < -0.39 is 29.0 Å². The van der Waals surface area contributed by atoms with Gasteiger partial charge in [0.05, 0.1) is 5.69 Å². The van der Waals surface area contributed by atoms with Crippen molar-refractivity contribution in [3.05, 3.63) is 46.0 Å². The van der Waals surface area contributed by atoms with Gasteiger partial charge < -0.3 is 0 Å². The lowest BCUT2D eigenvalue weighted by Crippen LogP contribution is -2.52. The zero-order valence-electron chi connectivity index (χ0n) is 14.9. The fourth-order valence-corrected chi connectivity index (χ4v) is 4.57. The summed E-state index contributed by atoms with van der Waals surface area (Å²) in [6, 6.07) is 8.16. The molecule has 10 heteroatoms. The number of nitrogens with zero attached hydrogens (tertiary/aromatic N) is 2. The molecule has 0 spiro atoms. The van der Waals surface area contributed by atoms with E-state index >= 15 is 0 Å². The number of benzene rings is 1. The number of hydrogen-bond donors (Lipinski definition) is 1. The first-order valence-electron chi connectivity index (χ1n) is 8.33. The predicted octanol–water partition coefficient (Wildman–Crippen LogP) is 2.20. The molecule has 1 N–H and O–H groups in total. The molecule has 0 bridgehead atoms. The third-order valence-electron chi connectivity index (χ3n) is 4.08. The van der Waals surface area contributed by atoms with Crippen molar-refractivity contribution in [2.24, 2.45) is 0 Å². The van der Waals surface area contributed by atoms with Gasteiger partial charge in [-0.25, -0.2) is 13.6 Å². The summed E-state index contributed by atoms with van der Waals surface area (Å²) in [6.45, 7) is 2.72. The Hall–Kier alpha value is -1.88. The zero-order chi connectivity index (χ0) is 19.6. The number of anilines is 1. The summed E-state index contributed by atoms with van der Waals surface area (Å²) in [5, 5.41) is 2.92. The molecule has 1 aromatic carbocycles. The first-order valence-corrected chi connectivity index (χ1v) is 10.5. The standard InChI is InChI=1S/C17H20FN3O4S2/c1-11-3-5-13(6-4-11)7-15-12(2)19-17(26-15)20-16(22)10-25-27(23,24)21-8-14(18)9-21/h3-6,14H,7-10H2,1-2H3,(H,19,20,22). The number of hydrogen-bond acceptors (Lipinski definition) is 6. The largest absolute Gasteiger partial charge is 0.339 e. The molecule has 1 aromatic heterocycles. The van der Waals surface area contributed by atoms with Gasteiger partial charge in [-0.3, -0.25) is 10.1 Å². The van der Waals surface area contributed by atoms with E-state index in [1.165, 1.54) is 16.9 Å². The molecule has 0 saturated carbocycles. The molecular formula is C17H20FN3O4S2. The van der Waals surface area contributed by atoms with Crippen LogP contribution in [0, 0.1) is 13.8 Å². The summed E-state index contributed by atoms with van der Waals surface area (Å²) in [5.74, 6) is -0.633. The summed E-state index contributed by atoms with van der Waals surface area (Å²) in [5.41, 5.74) is 3.13. The van der Waals surface area contributed by atoms with Crippen molar-refractivity contribution in [2.75, 3.05) is 25.0 Å². The maximum Gasteiger partial charge on any atom is 0.339 e. The molecule has 1 saturated heterocycles. The summed E-state index contributed by atoms with van der Waals surface area (Å²) in [7, 11) is -4.08. The first kappa shape index (κ1) is 19.9. The molecule has 0 unspecified atom stereocenters. The Morgan fingerprint density at radius 1 is 1.33 bits per heavy atom. The van der Waals surface area contributed by atoms with E-state index in [2.05, 4.69) is 14.5 Å². The smallest absolute Gasteiger partial charge is 0.300 e. The third kappa shape index (κ3) is 5.10. The molecule has 0 aliphatic carbocycles. The van der Waals surface area contributed by atoms with Crippen LogP contribution in [-0.2, 0) is 25.7 Å². The molecule has 1 fully saturated rings. The van der Waals surface area contributed by atoms with Crippen LogP contribution in [0.25, 0.3) is 0 Å². The topological polar surface area (TPSA) is 88.6 Å². The van der Waals surface area contributed by atoms with Crippen molar-refractivity contribution < 1.29 is 21.8 Å². The van der Waals surface area contributed by atoms with E-state index in [0.717, 1.165) is 20.4 Å². The number of alkyl halides is 1. The average molecular weight is 413 g/mol. The lowest BCUT2D eigenvalue weighted by Gasteiger charge is -2.31.